The van der Waals surface area contributed by atoms with E-state index in [0.717, 1.165) is 31.8 Å². The van der Waals surface area contributed by atoms with Crippen LogP contribution in [0.25, 0.3) is 0 Å². The Hall–Kier alpha value is -1.33. The Kier molecular flexibility index (Phi) is 6.35. The number of nitrogens with zero attached hydrogens (tertiary/aromatic N) is 1. The fraction of sp³-hybridized carbons (Fsp3) is 0.583. The first-order chi connectivity index (χ1) is 8.22. The van der Waals surface area contributed by atoms with Gasteiger partial charge in [0.25, 0.3) is 0 Å². The molecule has 0 radical (unpaired) electrons. The molecule has 0 saturated carbocycles. The van der Waals surface area contributed by atoms with Crippen molar-refractivity contribution in [2.24, 2.45) is 5.84 Å². The third kappa shape index (κ3) is 6.09. The van der Waals surface area contributed by atoms with Gasteiger partial charge in [0.2, 0.25) is 0 Å². The van der Waals surface area contributed by atoms with Crippen LogP contribution in [0, 0.1) is 0 Å². The van der Waals surface area contributed by atoms with E-state index in [4.69, 9.17) is 10.6 Å². The normalized spacial score (nSPS) is 10.6. The molecule has 0 atom stereocenters. The maximum absolute atomic E-state index is 5.46. The molecule has 1 rings (SSSR count). The highest BCUT2D eigenvalue weighted by Crippen LogP contribution is 2.07. The van der Waals surface area contributed by atoms with Crippen molar-refractivity contribution in [2.45, 2.75) is 32.8 Å². The van der Waals surface area contributed by atoms with Crippen LogP contribution >= 0.6 is 0 Å². The van der Waals surface area contributed by atoms with Crippen LogP contribution in [-0.2, 0) is 4.74 Å². The number of hydrogen-bond donors (Lipinski definition) is 3. The predicted octanol–water partition coefficient (Wildman–Crippen LogP) is 1.98. The van der Waals surface area contributed by atoms with Gasteiger partial charge in [-0.1, -0.05) is 6.07 Å². The lowest BCUT2D eigenvalue weighted by Crippen LogP contribution is -2.11. The zero-order valence-electron chi connectivity index (χ0n) is 10.6. The number of nitrogens with one attached hydrogen (secondary N) is 2. The number of nitrogens with two attached hydrogens (primary N) is 1. The number of unbranched alkanes of at least 4 members (excludes halogenated alkanes) is 1. The van der Waals surface area contributed by atoms with Gasteiger partial charge in [-0.05, 0) is 38.8 Å². The van der Waals surface area contributed by atoms with Crippen molar-refractivity contribution in [1.29, 1.82) is 0 Å². The monoisotopic (exact) mass is 238 g/mol. The van der Waals surface area contributed by atoms with Crippen molar-refractivity contribution in [1.82, 2.24) is 4.98 Å². The minimum Gasteiger partial charge on any atom is -0.379 e. The van der Waals surface area contributed by atoms with Gasteiger partial charge in [0.05, 0.1) is 6.10 Å². The minimum absolute atomic E-state index is 0.317. The Balaban J connectivity index is 2.13. The minimum atomic E-state index is 0.317. The van der Waals surface area contributed by atoms with E-state index in [1.165, 1.54) is 0 Å². The zero-order chi connectivity index (χ0) is 12.5. The summed E-state index contributed by atoms with van der Waals surface area (Å²) in [4.78, 5) is 4.26. The Morgan fingerprint density at radius 2 is 2.06 bits per heavy atom. The highest BCUT2D eigenvalue weighted by Gasteiger charge is 1.96. The molecular weight excluding hydrogens is 216 g/mol. The quantitative estimate of drug-likeness (QED) is 0.367. The largest absolute Gasteiger partial charge is 0.379 e. The standard InChI is InChI=1S/C12H22N4O/c1-10(2)17-9-4-3-8-14-11-6-5-7-12(15-11)16-13/h5-7,10H,3-4,8-9,13H2,1-2H3,(H2,14,15,16). The molecule has 0 bridgehead atoms. The van der Waals surface area contributed by atoms with Gasteiger partial charge in [0, 0.05) is 13.2 Å². The van der Waals surface area contributed by atoms with Crippen LogP contribution in [0.15, 0.2) is 18.2 Å². The molecule has 0 aliphatic heterocycles. The number of anilines is 2. The summed E-state index contributed by atoms with van der Waals surface area (Å²) in [5.41, 5.74) is 2.52. The van der Waals surface area contributed by atoms with Gasteiger partial charge in [-0.25, -0.2) is 10.8 Å². The lowest BCUT2D eigenvalue weighted by Gasteiger charge is -2.08. The fourth-order valence-corrected chi connectivity index (χ4v) is 1.38. The summed E-state index contributed by atoms with van der Waals surface area (Å²) in [5, 5.41) is 3.25. The Labute approximate surface area is 103 Å². The highest BCUT2D eigenvalue weighted by atomic mass is 16.5. The van der Waals surface area contributed by atoms with Gasteiger partial charge in [-0.3, -0.25) is 0 Å². The summed E-state index contributed by atoms with van der Waals surface area (Å²) in [6.45, 7) is 5.81. The van der Waals surface area contributed by atoms with Crippen molar-refractivity contribution in [2.75, 3.05) is 23.9 Å². The summed E-state index contributed by atoms with van der Waals surface area (Å²) in [6.07, 6.45) is 2.44. The number of aromatic nitrogens is 1. The van der Waals surface area contributed by atoms with Crippen molar-refractivity contribution < 1.29 is 4.74 Å². The van der Waals surface area contributed by atoms with E-state index in [1.54, 1.807) is 0 Å². The van der Waals surface area contributed by atoms with E-state index in [1.807, 2.05) is 32.0 Å². The van der Waals surface area contributed by atoms with Crippen LogP contribution in [0.1, 0.15) is 26.7 Å². The van der Waals surface area contributed by atoms with E-state index < -0.39 is 0 Å². The summed E-state index contributed by atoms with van der Waals surface area (Å²) in [5.74, 6) is 6.79. The van der Waals surface area contributed by atoms with Gasteiger partial charge in [0.15, 0.2) is 0 Å². The predicted molar refractivity (Wildman–Crippen MR) is 70.9 cm³/mol. The molecule has 0 saturated heterocycles. The number of ether oxygens (including phenoxy) is 1. The smallest absolute Gasteiger partial charge is 0.142 e. The van der Waals surface area contributed by atoms with E-state index in [9.17, 15) is 0 Å². The first kappa shape index (κ1) is 13.7. The van der Waals surface area contributed by atoms with Gasteiger partial charge in [0.1, 0.15) is 11.6 Å². The van der Waals surface area contributed by atoms with Crippen molar-refractivity contribution in [3.63, 3.8) is 0 Å². The molecule has 0 amide bonds. The topological polar surface area (TPSA) is 72.2 Å². The molecule has 1 heterocycles. The van der Waals surface area contributed by atoms with Gasteiger partial charge in [-0.2, -0.15) is 0 Å². The maximum atomic E-state index is 5.46. The van der Waals surface area contributed by atoms with Gasteiger partial charge in [-0.15, -0.1) is 0 Å². The Morgan fingerprint density at radius 1 is 1.29 bits per heavy atom. The molecule has 5 heteroatoms. The number of pyridine rings is 1. The molecule has 0 aliphatic rings. The number of rotatable bonds is 8. The number of hydrazine groups is 1. The van der Waals surface area contributed by atoms with Gasteiger partial charge >= 0.3 is 0 Å². The Bertz CT molecular complexity index is 317. The van der Waals surface area contributed by atoms with Crippen molar-refractivity contribution in [3.8, 4) is 0 Å². The molecule has 0 spiro atoms. The zero-order valence-corrected chi connectivity index (χ0v) is 10.6. The number of nitrogen functional groups attached to an aromatic ring is 1. The SMILES string of the molecule is CC(C)OCCCCNc1cccc(NN)n1. The van der Waals surface area contributed by atoms with Crippen LogP contribution in [-0.4, -0.2) is 24.2 Å². The third-order valence-corrected chi connectivity index (χ3v) is 2.23. The lowest BCUT2D eigenvalue weighted by atomic mass is 10.3. The first-order valence-electron chi connectivity index (χ1n) is 6.01. The molecule has 4 N–H and O–H groups in total. The molecule has 0 fully saturated rings. The van der Waals surface area contributed by atoms with Crippen LogP contribution in [0.3, 0.4) is 0 Å². The average molecular weight is 238 g/mol. The second-order valence-electron chi connectivity index (χ2n) is 4.11. The number of hydrogen-bond acceptors (Lipinski definition) is 5. The molecule has 0 unspecified atom stereocenters. The van der Waals surface area contributed by atoms with Crippen molar-refractivity contribution >= 4 is 11.6 Å². The fourth-order valence-electron chi connectivity index (χ4n) is 1.38. The molecular formula is C12H22N4O. The first-order valence-corrected chi connectivity index (χ1v) is 6.01. The van der Waals surface area contributed by atoms with Crippen LogP contribution < -0.4 is 16.6 Å². The maximum Gasteiger partial charge on any atom is 0.142 e. The highest BCUT2D eigenvalue weighted by molar-refractivity contribution is 5.44. The molecule has 5 nitrogen and oxygen atoms in total. The summed E-state index contributed by atoms with van der Waals surface area (Å²) in [6, 6.07) is 5.65. The summed E-state index contributed by atoms with van der Waals surface area (Å²) >= 11 is 0. The van der Waals surface area contributed by atoms with E-state index in [2.05, 4.69) is 15.7 Å². The second-order valence-corrected chi connectivity index (χ2v) is 4.11. The van der Waals surface area contributed by atoms with E-state index >= 15 is 0 Å². The molecule has 17 heavy (non-hydrogen) atoms. The van der Waals surface area contributed by atoms with Gasteiger partial charge < -0.3 is 15.5 Å². The molecule has 0 aromatic carbocycles. The van der Waals surface area contributed by atoms with E-state index in [-0.39, 0.29) is 0 Å². The van der Waals surface area contributed by atoms with Crippen LogP contribution in [0.5, 0.6) is 0 Å². The molecule has 1 aromatic heterocycles. The third-order valence-electron chi connectivity index (χ3n) is 2.23. The lowest BCUT2D eigenvalue weighted by molar-refractivity contribution is 0.0765. The summed E-state index contributed by atoms with van der Waals surface area (Å²) < 4.78 is 5.46. The van der Waals surface area contributed by atoms with Crippen molar-refractivity contribution in [3.05, 3.63) is 18.2 Å². The Morgan fingerprint density at radius 3 is 2.76 bits per heavy atom. The average Bonchev–Trinajstić information content (AvgIpc) is 2.33. The van der Waals surface area contributed by atoms with E-state index in [0.29, 0.717) is 11.9 Å². The molecule has 1 aromatic rings. The summed E-state index contributed by atoms with van der Waals surface area (Å²) in [7, 11) is 0. The molecule has 96 valence electrons. The second kappa shape index (κ2) is 7.86. The van der Waals surface area contributed by atoms with Crippen LogP contribution in [0.2, 0.25) is 0 Å². The van der Waals surface area contributed by atoms with Crippen LogP contribution in [0.4, 0.5) is 11.6 Å². The molecule has 0 aliphatic carbocycles.